The summed E-state index contributed by atoms with van der Waals surface area (Å²) in [6, 6.07) is 10.9. The zero-order valence-corrected chi connectivity index (χ0v) is 12.3. The fraction of sp³-hybridized carbons (Fsp3) is 0.357. The van der Waals surface area contributed by atoms with Crippen molar-refractivity contribution in [1.82, 2.24) is 15.1 Å². The summed E-state index contributed by atoms with van der Waals surface area (Å²) in [7, 11) is 1.98. The van der Waals surface area contributed by atoms with Gasteiger partial charge in [-0.15, -0.1) is 0 Å². The highest BCUT2D eigenvalue weighted by molar-refractivity contribution is 9.10. The third-order valence-corrected chi connectivity index (χ3v) is 3.65. The first-order valence-electron chi connectivity index (χ1n) is 6.12. The molecular formula is C14H18BrN3. The maximum atomic E-state index is 4.17. The third-order valence-electron chi connectivity index (χ3n) is 3.12. The molecule has 1 heterocycles. The maximum Gasteiger partial charge on any atom is 0.0492 e. The molecule has 0 fully saturated rings. The predicted molar refractivity (Wildman–Crippen MR) is 77.5 cm³/mol. The summed E-state index contributed by atoms with van der Waals surface area (Å²) < 4.78 is 3.04. The molecule has 0 saturated heterocycles. The first kappa shape index (κ1) is 13.3. The Morgan fingerprint density at radius 2 is 2.00 bits per heavy atom. The molecule has 0 aliphatic carbocycles. The molecule has 3 nitrogen and oxygen atoms in total. The third kappa shape index (κ3) is 3.43. The molecule has 1 N–H and O–H groups in total. The molecule has 0 bridgehead atoms. The SMILES string of the molecule is CC(NCCc1ccnn1C)c1ccc(Br)cc1. The van der Waals surface area contributed by atoms with Crippen LogP contribution in [0.25, 0.3) is 0 Å². The minimum absolute atomic E-state index is 0.367. The topological polar surface area (TPSA) is 29.9 Å². The molecule has 2 rings (SSSR count). The minimum atomic E-state index is 0.367. The lowest BCUT2D eigenvalue weighted by Gasteiger charge is -2.14. The van der Waals surface area contributed by atoms with E-state index in [-0.39, 0.29) is 0 Å². The Kier molecular flexibility index (Phi) is 4.55. The number of nitrogens with zero attached hydrogens (tertiary/aromatic N) is 2. The smallest absolute Gasteiger partial charge is 0.0492 e. The van der Waals surface area contributed by atoms with E-state index < -0.39 is 0 Å². The summed E-state index contributed by atoms with van der Waals surface area (Å²) in [4.78, 5) is 0. The maximum absolute atomic E-state index is 4.17. The molecule has 0 aliphatic rings. The normalized spacial score (nSPS) is 12.6. The zero-order valence-electron chi connectivity index (χ0n) is 10.7. The number of hydrogen-bond donors (Lipinski definition) is 1. The average molecular weight is 308 g/mol. The molecule has 4 heteroatoms. The van der Waals surface area contributed by atoms with Crippen molar-refractivity contribution in [1.29, 1.82) is 0 Å². The Hall–Kier alpha value is -1.13. The van der Waals surface area contributed by atoms with E-state index in [1.54, 1.807) is 0 Å². The van der Waals surface area contributed by atoms with Crippen molar-refractivity contribution in [3.8, 4) is 0 Å². The Labute approximate surface area is 116 Å². The van der Waals surface area contributed by atoms with Gasteiger partial charge in [-0.3, -0.25) is 4.68 Å². The summed E-state index contributed by atoms with van der Waals surface area (Å²) in [6.07, 6.45) is 2.84. The molecule has 1 unspecified atom stereocenters. The number of benzene rings is 1. The van der Waals surface area contributed by atoms with Gasteiger partial charge in [-0.2, -0.15) is 5.10 Å². The van der Waals surface area contributed by atoms with Crippen molar-refractivity contribution in [2.45, 2.75) is 19.4 Å². The summed E-state index contributed by atoms with van der Waals surface area (Å²) >= 11 is 3.45. The number of hydrogen-bond acceptors (Lipinski definition) is 2. The van der Waals surface area contributed by atoms with E-state index in [0.717, 1.165) is 17.4 Å². The fourth-order valence-electron chi connectivity index (χ4n) is 1.93. The van der Waals surface area contributed by atoms with E-state index in [1.807, 2.05) is 17.9 Å². The van der Waals surface area contributed by atoms with E-state index in [0.29, 0.717) is 6.04 Å². The molecule has 0 spiro atoms. The van der Waals surface area contributed by atoms with Crippen LogP contribution in [0.2, 0.25) is 0 Å². The molecule has 2 aromatic rings. The van der Waals surface area contributed by atoms with E-state index >= 15 is 0 Å². The summed E-state index contributed by atoms with van der Waals surface area (Å²) in [5.41, 5.74) is 2.56. The molecule has 0 radical (unpaired) electrons. The van der Waals surface area contributed by atoms with Gasteiger partial charge in [-0.1, -0.05) is 28.1 Å². The number of rotatable bonds is 5. The van der Waals surface area contributed by atoms with Crippen molar-refractivity contribution in [2.75, 3.05) is 6.54 Å². The molecule has 0 aliphatic heterocycles. The van der Waals surface area contributed by atoms with Gasteiger partial charge in [0.2, 0.25) is 0 Å². The molecule has 1 atom stereocenters. The Bertz CT molecular complexity index is 490. The highest BCUT2D eigenvalue weighted by atomic mass is 79.9. The van der Waals surface area contributed by atoms with Gasteiger partial charge < -0.3 is 5.32 Å². The monoisotopic (exact) mass is 307 g/mol. The molecular weight excluding hydrogens is 290 g/mol. The summed E-state index contributed by atoms with van der Waals surface area (Å²) in [6.45, 7) is 3.14. The minimum Gasteiger partial charge on any atom is -0.310 e. The van der Waals surface area contributed by atoms with Gasteiger partial charge in [-0.25, -0.2) is 0 Å². The van der Waals surface area contributed by atoms with Crippen LogP contribution in [0.4, 0.5) is 0 Å². The second kappa shape index (κ2) is 6.16. The second-order valence-electron chi connectivity index (χ2n) is 4.42. The van der Waals surface area contributed by atoms with E-state index in [1.165, 1.54) is 11.3 Å². The number of nitrogens with one attached hydrogen (secondary N) is 1. The molecule has 18 heavy (non-hydrogen) atoms. The van der Waals surface area contributed by atoms with Crippen molar-refractivity contribution in [3.63, 3.8) is 0 Å². The molecule has 1 aromatic carbocycles. The van der Waals surface area contributed by atoms with E-state index in [9.17, 15) is 0 Å². The van der Waals surface area contributed by atoms with Crippen molar-refractivity contribution in [3.05, 3.63) is 52.3 Å². The zero-order chi connectivity index (χ0) is 13.0. The van der Waals surface area contributed by atoms with Crippen LogP contribution in [0.3, 0.4) is 0 Å². The molecule has 96 valence electrons. The number of aryl methyl sites for hydroxylation is 1. The highest BCUT2D eigenvalue weighted by Crippen LogP contribution is 2.16. The standard InChI is InChI=1S/C14H18BrN3/c1-11(12-3-5-13(15)6-4-12)16-9-7-14-8-10-17-18(14)2/h3-6,8,10-11,16H,7,9H2,1-2H3. The van der Waals surface area contributed by atoms with Gasteiger partial charge in [0.1, 0.15) is 0 Å². The predicted octanol–water partition coefficient (Wildman–Crippen LogP) is 3.08. The van der Waals surface area contributed by atoms with Crippen LogP contribution in [0, 0.1) is 0 Å². The van der Waals surface area contributed by atoms with Gasteiger partial charge in [0.15, 0.2) is 0 Å². The fourth-order valence-corrected chi connectivity index (χ4v) is 2.20. The van der Waals surface area contributed by atoms with Crippen molar-refractivity contribution in [2.24, 2.45) is 7.05 Å². The largest absolute Gasteiger partial charge is 0.310 e. The van der Waals surface area contributed by atoms with Crippen LogP contribution >= 0.6 is 15.9 Å². The van der Waals surface area contributed by atoms with Gasteiger partial charge in [0.25, 0.3) is 0 Å². The molecule has 1 aromatic heterocycles. The van der Waals surface area contributed by atoms with Gasteiger partial charge >= 0.3 is 0 Å². The summed E-state index contributed by atoms with van der Waals surface area (Å²) in [5.74, 6) is 0. The van der Waals surface area contributed by atoms with Crippen LogP contribution < -0.4 is 5.32 Å². The van der Waals surface area contributed by atoms with Crippen molar-refractivity contribution < 1.29 is 0 Å². The van der Waals surface area contributed by atoms with Gasteiger partial charge in [0, 0.05) is 42.4 Å². The van der Waals surface area contributed by atoms with Crippen LogP contribution in [-0.2, 0) is 13.5 Å². The van der Waals surface area contributed by atoms with Crippen LogP contribution in [0.15, 0.2) is 41.0 Å². The van der Waals surface area contributed by atoms with Gasteiger partial charge in [-0.05, 0) is 30.7 Å². The van der Waals surface area contributed by atoms with Crippen LogP contribution in [-0.4, -0.2) is 16.3 Å². The molecule has 0 amide bonds. The lowest BCUT2D eigenvalue weighted by atomic mass is 10.1. The van der Waals surface area contributed by atoms with Gasteiger partial charge in [0.05, 0.1) is 0 Å². The van der Waals surface area contributed by atoms with Crippen LogP contribution in [0.5, 0.6) is 0 Å². The van der Waals surface area contributed by atoms with E-state index in [2.05, 4.69) is 63.6 Å². The van der Waals surface area contributed by atoms with Crippen molar-refractivity contribution >= 4 is 15.9 Å². The number of halogens is 1. The Morgan fingerprint density at radius 3 is 2.61 bits per heavy atom. The van der Waals surface area contributed by atoms with E-state index in [4.69, 9.17) is 0 Å². The highest BCUT2D eigenvalue weighted by Gasteiger charge is 2.05. The first-order chi connectivity index (χ1) is 8.66. The Morgan fingerprint density at radius 1 is 1.28 bits per heavy atom. The average Bonchev–Trinajstić information content (AvgIpc) is 2.76. The molecule has 0 saturated carbocycles. The quantitative estimate of drug-likeness (QED) is 0.920. The Balaban J connectivity index is 1.83. The lowest BCUT2D eigenvalue weighted by molar-refractivity contribution is 0.564. The summed E-state index contributed by atoms with van der Waals surface area (Å²) in [5, 5.41) is 7.69. The van der Waals surface area contributed by atoms with Crippen LogP contribution in [0.1, 0.15) is 24.2 Å². The number of aromatic nitrogens is 2. The first-order valence-corrected chi connectivity index (χ1v) is 6.92. The lowest BCUT2D eigenvalue weighted by Crippen LogP contribution is -2.22. The second-order valence-corrected chi connectivity index (χ2v) is 5.34.